The lowest BCUT2D eigenvalue weighted by Crippen LogP contribution is -2.28. The molecule has 0 heterocycles. The summed E-state index contributed by atoms with van der Waals surface area (Å²) in [5, 5.41) is 2.83. The largest absolute Gasteiger partial charge is 0.492 e. The van der Waals surface area contributed by atoms with Crippen LogP contribution in [0.1, 0.15) is 15.9 Å². The predicted octanol–water partition coefficient (Wildman–Crippen LogP) is 3.15. The Hall–Kier alpha value is -2.01. The molecule has 0 spiro atoms. The second kappa shape index (κ2) is 7.13. The monoisotopic (exact) mass is 348 g/mol. The number of hydrogen-bond acceptors (Lipinski definition) is 3. The van der Waals surface area contributed by atoms with Crippen LogP contribution in [0.25, 0.3) is 0 Å². The molecule has 0 saturated heterocycles. The lowest BCUT2D eigenvalue weighted by molar-refractivity contribution is 0.0946. The van der Waals surface area contributed by atoms with Crippen LogP contribution < -0.4 is 15.8 Å². The number of ether oxygens (including phenoxy) is 1. The van der Waals surface area contributed by atoms with Gasteiger partial charge in [-0.05, 0) is 59.3 Å². The van der Waals surface area contributed by atoms with Crippen molar-refractivity contribution in [1.29, 1.82) is 0 Å². The highest BCUT2D eigenvalue weighted by Gasteiger charge is 2.09. The first kappa shape index (κ1) is 15.4. The van der Waals surface area contributed by atoms with Crippen molar-refractivity contribution in [2.45, 2.75) is 6.92 Å². The zero-order valence-corrected chi connectivity index (χ0v) is 13.3. The van der Waals surface area contributed by atoms with Crippen LogP contribution in [-0.4, -0.2) is 19.1 Å². The van der Waals surface area contributed by atoms with Crippen LogP contribution >= 0.6 is 15.9 Å². The van der Waals surface area contributed by atoms with Gasteiger partial charge in [-0.25, -0.2) is 0 Å². The number of aryl methyl sites for hydroxylation is 1. The number of nitrogen functional groups attached to an aromatic ring is 1. The fourth-order valence-corrected chi connectivity index (χ4v) is 2.23. The van der Waals surface area contributed by atoms with Crippen LogP contribution in [-0.2, 0) is 0 Å². The number of carbonyl (C=O) groups is 1. The van der Waals surface area contributed by atoms with Gasteiger partial charge in [0.05, 0.1) is 12.1 Å². The number of amides is 1. The second-order valence-electron chi connectivity index (χ2n) is 4.66. The number of nitrogens with two attached hydrogens (primary N) is 1. The maximum Gasteiger partial charge on any atom is 0.252 e. The van der Waals surface area contributed by atoms with E-state index in [-0.39, 0.29) is 5.91 Å². The maximum absolute atomic E-state index is 12.1. The second-order valence-corrected chi connectivity index (χ2v) is 5.51. The first-order chi connectivity index (χ1) is 10.1. The SMILES string of the molecule is Cc1ccc(Br)c(C(=O)NCCOc2ccc(N)cc2)c1. The van der Waals surface area contributed by atoms with Crippen LogP contribution in [0.15, 0.2) is 46.9 Å². The molecular formula is C16H17BrN2O2. The van der Waals surface area contributed by atoms with Crippen LogP contribution in [0.5, 0.6) is 5.75 Å². The van der Waals surface area contributed by atoms with Crippen LogP contribution in [0.4, 0.5) is 5.69 Å². The highest BCUT2D eigenvalue weighted by molar-refractivity contribution is 9.10. The van der Waals surface area contributed by atoms with Gasteiger partial charge in [0.2, 0.25) is 0 Å². The Labute approximate surface area is 132 Å². The van der Waals surface area contributed by atoms with Crippen molar-refractivity contribution in [3.8, 4) is 5.75 Å². The molecule has 0 saturated carbocycles. The molecule has 2 aromatic rings. The van der Waals surface area contributed by atoms with Crippen LogP contribution in [0, 0.1) is 6.92 Å². The standard InChI is InChI=1S/C16H17BrN2O2/c1-11-2-7-15(17)14(10-11)16(20)19-8-9-21-13-5-3-12(18)4-6-13/h2-7,10H,8-9,18H2,1H3,(H,19,20). The fraction of sp³-hybridized carbons (Fsp3) is 0.188. The molecule has 0 aliphatic carbocycles. The maximum atomic E-state index is 12.1. The predicted molar refractivity (Wildman–Crippen MR) is 87.6 cm³/mol. The van der Waals surface area contributed by atoms with Gasteiger partial charge >= 0.3 is 0 Å². The molecule has 3 N–H and O–H groups in total. The number of anilines is 1. The first-order valence-electron chi connectivity index (χ1n) is 6.59. The van der Waals surface area contributed by atoms with Gasteiger partial charge in [-0.15, -0.1) is 0 Å². The Kier molecular flexibility index (Phi) is 5.22. The van der Waals surface area contributed by atoms with Gasteiger partial charge in [0, 0.05) is 10.2 Å². The van der Waals surface area contributed by atoms with Crippen molar-refractivity contribution >= 4 is 27.5 Å². The van der Waals surface area contributed by atoms with E-state index in [1.807, 2.05) is 25.1 Å². The average Bonchev–Trinajstić information content (AvgIpc) is 2.47. The summed E-state index contributed by atoms with van der Waals surface area (Å²) in [5.41, 5.74) is 7.96. The van der Waals surface area contributed by atoms with Gasteiger partial charge in [-0.3, -0.25) is 4.79 Å². The van der Waals surface area contributed by atoms with E-state index in [0.717, 1.165) is 15.8 Å². The molecule has 2 rings (SSSR count). The molecule has 2 aromatic carbocycles. The van der Waals surface area contributed by atoms with Gasteiger partial charge < -0.3 is 15.8 Å². The Balaban J connectivity index is 1.81. The molecule has 0 atom stereocenters. The van der Waals surface area contributed by atoms with Crippen molar-refractivity contribution in [2.75, 3.05) is 18.9 Å². The summed E-state index contributed by atoms with van der Waals surface area (Å²) < 4.78 is 6.30. The normalized spacial score (nSPS) is 10.2. The van der Waals surface area contributed by atoms with E-state index in [1.165, 1.54) is 0 Å². The van der Waals surface area contributed by atoms with E-state index in [0.29, 0.717) is 24.4 Å². The Morgan fingerprint density at radius 3 is 2.67 bits per heavy atom. The molecule has 110 valence electrons. The molecule has 0 bridgehead atoms. The number of halogens is 1. The topological polar surface area (TPSA) is 64.3 Å². The quantitative estimate of drug-likeness (QED) is 0.644. The summed E-state index contributed by atoms with van der Waals surface area (Å²) in [7, 11) is 0. The van der Waals surface area contributed by atoms with E-state index in [4.69, 9.17) is 10.5 Å². The molecule has 0 fully saturated rings. The van der Waals surface area contributed by atoms with E-state index >= 15 is 0 Å². The summed E-state index contributed by atoms with van der Waals surface area (Å²) in [6, 6.07) is 12.8. The van der Waals surface area contributed by atoms with E-state index in [9.17, 15) is 4.79 Å². The highest BCUT2D eigenvalue weighted by Crippen LogP contribution is 2.18. The summed E-state index contributed by atoms with van der Waals surface area (Å²) >= 11 is 3.38. The molecule has 1 amide bonds. The van der Waals surface area contributed by atoms with Crippen molar-refractivity contribution in [2.24, 2.45) is 0 Å². The molecule has 0 unspecified atom stereocenters. The third-order valence-electron chi connectivity index (χ3n) is 2.90. The minimum atomic E-state index is -0.119. The number of benzene rings is 2. The zero-order chi connectivity index (χ0) is 15.2. The molecule has 0 aliphatic heterocycles. The molecule has 21 heavy (non-hydrogen) atoms. The minimum absolute atomic E-state index is 0.119. The van der Waals surface area contributed by atoms with Gasteiger partial charge in [-0.1, -0.05) is 11.6 Å². The van der Waals surface area contributed by atoms with E-state index in [1.54, 1.807) is 24.3 Å². The third kappa shape index (κ3) is 4.49. The third-order valence-corrected chi connectivity index (χ3v) is 3.59. The molecule has 5 heteroatoms. The van der Waals surface area contributed by atoms with Crippen molar-refractivity contribution in [1.82, 2.24) is 5.32 Å². The lowest BCUT2D eigenvalue weighted by atomic mass is 10.1. The number of hydrogen-bond donors (Lipinski definition) is 2. The molecular weight excluding hydrogens is 332 g/mol. The van der Waals surface area contributed by atoms with Crippen molar-refractivity contribution < 1.29 is 9.53 Å². The van der Waals surface area contributed by atoms with Crippen LogP contribution in [0.2, 0.25) is 0 Å². The molecule has 0 aromatic heterocycles. The Bertz CT molecular complexity index is 627. The zero-order valence-electron chi connectivity index (χ0n) is 11.7. The van der Waals surface area contributed by atoms with E-state index < -0.39 is 0 Å². The van der Waals surface area contributed by atoms with Gasteiger partial charge in [-0.2, -0.15) is 0 Å². The first-order valence-corrected chi connectivity index (χ1v) is 7.38. The molecule has 4 nitrogen and oxygen atoms in total. The fourth-order valence-electron chi connectivity index (χ4n) is 1.81. The van der Waals surface area contributed by atoms with E-state index in [2.05, 4.69) is 21.2 Å². The highest BCUT2D eigenvalue weighted by atomic mass is 79.9. The number of nitrogens with one attached hydrogen (secondary N) is 1. The van der Waals surface area contributed by atoms with Crippen LogP contribution in [0.3, 0.4) is 0 Å². The van der Waals surface area contributed by atoms with Gasteiger partial charge in [0.25, 0.3) is 5.91 Å². The van der Waals surface area contributed by atoms with Crippen molar-refractivity contribution in [3.63, 3.8) is 0 Å². The smallest absolute Gasteiger partial charge is 0.252 e. The number of rotatable bonds is 5. The summed E-state index contributed by atoms with van der Waals surface area (Å²) in [6.07, 6.45) is 0. The van der Waals surface area contributed by atoms with Gasteiger partial charge in [0.15, 0.2) is 0 Å². The summed E-state index contributed by atoms with van der Waals surface area (Å²) in [6.45, 7) is 2.79. The number of carbonyl (C=O) groups excluding carboxylic acids is 1. The van der Waals surface area contributed by atoms with Crippen molar-refractivity contribution in [3.05, 3.63) is 58.1 Å². The summed E-state index contributed by atoms with van der Waals surface area (Å²) in [4.78, 5) is 12.1. The molecule has 0 aliphatic rings. The Morgan fingerprint density at radius 2 is 1.95 bits per heavy atom. The minimum Gasteiger partial charge on any atom is -0.492 e. The van der Waals surface area contributed by atoms with Gasteiger partial charge in [0.1, 0.15) is 12.4 Å². The summed E-state index contributed by atoms with van der Waals surface area (Å²) in [5.74, 6) is 0.613. The molecule has 0 radical (unpaired) electrons. The Morgan fingerprint density at radius 1 is 1.24 bits per heavy atom. The average molecular weight is 349 g/mol. The lowest BCUT2D eigenvalue weighted by Gasteiger charge is -2.09.